The van der Waals surface area contributed by atoms with Crippen LogP contribution < -0.4 is 10.6 Å². The molecule has 1 rings (SSSR count). The molecule has 21 heavy (non-hydrogen) atoms. The second kappa shape index (κ2) is 8.52. The lowest BCUT2D eigenvalue weighted by atomic mass is 9.96. The molecule has 2 amide bonds. The first kappa shape index (κ1) is 17.3. The normalized spacial score (nSPS) is 12.0. The van der Waals surface area contributed by atoms with Crippen molar-refractivity contribution in [2.45, 2.75) is 20.3 Å². The summed E-state index contributed by atoms with van der Waals surface area (Å²) in [6.45, 7) is 4.24. The van der Waals surface area contributed by atoms with Crippen molar-refractivity contribution in [1.29, 1.82) is 0 Å². The zero-order valence-corrected chi connectivity index (χ0v) is 13.0. The van der Waals surface area contributed by atoms with Crippen molar-refractivity contribution in [2.75, 3.05) is 13.1 Å². The number of hydrogen-bond donors (Lipinski definition) is 3. The van der Waals surface area contributed by atoms with Gasteiger partial charge in [-0.25, -0.2) is 4.79 Å². The number of amides is 2. The van der Waals surface area contributed by atoms with Gasteiger partial charge in [-0.05, 0) is 30.0 Å². The lowest BCUT2D eigenvalue weighted by Gasteiger charge is -2.17. The van der Waals surface area contributed by atoms with Crippen molar-refractivity contribution in [3.8, 4) is 0 Å². The smallest absolute Gasteiger partial charge is 0.314 e. The lowest BCUT2D eigenvalue weighted by molar-refractivity contribution is -0.142. The van der Waals surface area contributed by atoms with Crippen LogP contribution in [0.3, 0.4) is 0 Å². The van der Waals surface area contributed by atoms with E-state index in [1.165, 1.54) is 0 Å². The highest BCUT2D eigenvalue weighted by Gasteiger charge is 2.21. The zero-order valence-electron chi connectivity index (χ0n) is 12.2. The van der Waals surface area contributed by atoms with E-state index in [1.54, 1.807) is 12.1 Å². The fourth-order valence-corrected chi connectivity index (χ4v) is 1.97. The van der Waals surface area contributed by atoms with Crippen LogP contribution >= 0.6 is 11.6 Å². The van der Waals surface area contributed by atoms with Crippen molar-refractivity contribution in [3.63, 3.8) is 0 Å². The minimum Gasteiger partial charge on any atom is -0.481 e. The van der Waals surface area contributed by atoms with E-state index < -0.39 is 11.9 Å². The van der Waals surface area contributed by atoms with Crippen LogP contribution in [-0.4, -0.2) is 30.2 Å². The third-order valence-electron chi connectivity index (χ3n) is 3.22. The summed E-state index contributed by atoms with van der Waals surface area (Å²) in [5, 5.41) is 15.0. The van der Waals surface area contributed by atoms with E-state index in [0.717, 1.165) is 5.56 Å². The molecular weight excluding hydrogens is 292 g/mol. The Balaban J connectivity index is 2.28. The summed E-state index contributed by atoms with van der Waals surface area (Å²) in [4.78, 5) is 22.6. The number of rotatable bonds is 7. The summed E-state index contributed by atoms with van der Waals surface area (Å²) in [5.41, 5.74) is 1.07. The molecule has 0 aliphatic heterocycles. The van der Waals surface area contributed by atoms with Crippen LogP contribution in [0.15, 0.2) is 24.3 Å². The Morgan fingerprint density at radius 3 is 2.33 bits per heavy atom. The van der Waals surface area contributed by atoms with E-state index in [9.17, 15) is 9.59 Å². The van der Waals surface area contributed by atoms with Crippen molar-refractivity contribution in [1.82, 2.24) is 10.6 Å². The Kier molecular flexibility index (Phi) is 7.02. The number of carboxylic acids is 1. The van der Waals surface area contributed by atoms with Crippen LogP contribution in [0.25, 0.3) is 0 Å². The van der Waals surface area contributed by atoms with E-state index in [-0.39, 0.29) is 18.5 Å². The summed E-state index contributed by atoms with van der Waals surface area (Å²) in [6.07, 6.45) is 0.692. The van der Waals surface area contributed by atoms with Crippen LogP contribution in [0.2, 0.25) is 5.02 Å². The van der Waals surface area contributed by atoms with Crippen molar-refractivity contribution >= 4 is 23.6 Å². The van der Waals surface area contributed by atoms with Gasteiger partial charge >= 0.3 is 12.0 Å². The van der Waals surface area contributed by atoms with E-state index in [4.69, 9.17) is 16.7 Å². The van der Waals surface area contributed by atoms with Crippen molar-refractivity contribution in [2.24, 2.45) is 11.8 Å². The molecule has 0 aromatic heterocycles. The molecule has 1 aromatic rings. The molecule has 6 heteroatoms. The van der Waals surface area contributed by atoms with E-state index >= 15 is 0 Å². The maximum Gasteiger partial charge on any atom is 0.314 e. The SMILES string of the molecule is CC(C)C(CNC(=O)NCCc1ccc(Cl)cc1)C(=O)O. The molecule has 0 aliphatic rings. The number of benzene rings is 1. The van der Waals surface area contributed by atoms with Gasteiger partial charge in [-0.15, -0.1) is 0 Å². The first-order valence-corrected chi connectivity index (χ1v) is 7.27. The number of urea groups is 1. The Morgan fingerprint density at radius 2 is 1.81 bits per heavy atom. The van der Waals surface area contributed by atoms with Gasteiger partial charge in [0, 0.05) is 18.1 Å². The molecule has 1 unspecified atom stereocenters. The molecule has 116 valence electrons. The molecule has 0 heterocycles. The number of carboxylic acid groups (broad SMARTS) is 1. The monoisotopic (exact) mass is 312 g/mol. The Labute approximate surface area is 129 Å². The molecule has 0 saturated heterocycles. The molecule has 3 N–H and O–H groups in total. The summed E-state index contributed by atoms with van der Waals surface area (Å²) in [5.74, 6) is -1.50. The number of hydrogen-bond acceptors (Lipinski definition) is 2. The van der Waals surface area contributed by atoms with Crippen LogP contribution in [0.1, 0.15) is 19.4 Å². The predicted molar refractivity (Wildman–Crippen MR) is 82.5 cm³/mol. The lowest BCUT2D eigenvalue weighted by Crippen LogP contribution is -2.41. The maximum atomic E-state index is 11.6. The summed E-state index contributed by atoms with van der Waals surface area (Å²) >= 11 is 5.79. The van der Waals surface area contributed by atoms with Crippen molar-refractivity contribution < 1.29 is 14.7 Å². The van der Waals surface area contributed by atoms with Gasteiger partial charge < -0.3 is 15.7 Å². The molecule has 0 aliphatic carbocycles. The van der Waals surface area contributed by atoms with Gasteiger partial charge in [0.1, 0.15) is 0 Å². The highest BCUT2D eigenvalue weighted by Crippen LogP contribution is 2.10. The van der Waals surface area contributed by atoms with Crippen LogP contribution in [0.4, 0.5) is 4.79 Å². The highest BCUT2D eigenvalue weighted by atomic mass is 35.5. The number of halogens is 1. The van der Waals surface area contributed by atoms with Gasteiger partial charge in [-0.2, -0.15) is 0 Å². The zero-order chi connectivity index (χ0) is 15.8. The second-order valence-corrected chi connectivity index (χ2v) is 5.64. The van der Waals surface area contributed by atoms with Crippen molar-refractivity contribution in [3.05, 3.63) is 34.9 Å². The average molecular weight is 313 g/mol. The van der Waals surface area contributed by atoms with Gasteiger partial charge in [0.05, 0.1) is 5.92 Å². The fourth-order valence-electron chi connectivity index (χ4n) is 1.84. The first-order chi connectivity index (χ1) is 9.90. The maximum absolute atomic E-state index is 11.6. The standard InChI is InChI=1S/C15H21ClN2O3/c1-10(2)13(14(19)20)9-18-15(21)17-8-7-11-3-5-12(16)6-4-11/h3-6,10,13H,7-9H2,1-2H3,(H,19,20)(H2,17,18,21). The molecule has 1 atom stereocenters. The van der Waals surface area contributed by atoms with Crippen LogP contribution in [-0.2, 0) is 11.2 Å². The number of aliphatic carboxylic acids is 1. The van der Waals surface area contributed by atoms with E-state index in [1.807, 2.05) is 26.0 Å². The molecule has 0 radical (unpaired) electrons. The summed E-state index contributed by atoms with van der Waals surface area (Å²) < 4.78 is 0. The minimum atomic E-state index is -0.897. The Bertz CT molecular complexity index is 474. The quantitative estimate of drug-likeness (QED) is 0.724. The molecule has 0 spiro atoms. The van der Waals surface area contributed by atoms with Gasteiger partial charge in [0.15, 0.2) is 0 Å². The third-order valence-corrected chi connectivity index (χ3v) is 3.47. The molecule has 0 fully saturated rings. The molecule has 0 bridgehead atoms. The molecular formula is C15H21ClN2O3. The Morgan fingerprint density at radius 1 is 1.19 bits per heavy atom. The minimum absolute atomic E-state index is 0.0307. The topological polar surface area (TPSA) is 78.4 Å². The number of carbonyl (C=O) groups excluding carboxylic acids is 1. The van der Waals surface area contributed by atoms with Gasteiger partial charge in [-0.1, -0.05) is 37.6 Å². The van der Waals surface area contributed by atoms with Crippen LogP contribution in [0.5, 0.6) is 0 Å². The highest BCUT2D eigenvalue weighted by molar-refractivity contribution is 6.30. The number of nitrogens with one attached hydrogen (secondary N) is 2. The van der Waals surface area contributed by atoms with Gasteiger partial charge in [0.25, 0.3) is 0 Å². The largest absolute Gasteiger partial charge is 0.481 e. The molecule has 0 saturated carbocycles. The second-order valence-electron chi connectivity index (χ2n) is 5.20. The van der Waals surface area contributed by atoms with E-state index in [0.29, 0.717) is 18.0 Å². The number of carbonyl (C=O) groups is 2. The van der Waals surface area contributed by atoms with Gasteiger partial charge in [0.2, 0.25) is 0 Å². The van der Waals surface area contributed by atoms with Crippen LogP contribution in [0, 0.1) is 11.8 Å². The summed E-state index contributed by atoms with van der Waals surface area (Å²) in [6, 6.07) is 7.06. The molecule has 1 aromatic carbocycles. The summed E-state index contributed by atoms with van der Waals surface area (Å²) in [7, 11) is 0. The third kappa shape index (κ3) is 6.49. The fraction of sp³-hybridized carbons (Fsp3) is 0.467. The van der Waals surface area contributed by atoms with Gasteiger partial charge in [-0.3, -0.25) is 4.79 Å². The van der Waals surface area contributed by atoms with E-state index in [2.05, 4.69) is 10.6 Å². The Hall–Kier alpha value is -1.75. The first-order valence-electron chi connectivity index (χ1n) is 6.89. The average Bonchev–Trinajstić information content (AvgIpc) is 2.40. The molecule has 5 nitrogen and oxygen atoms in total. The predicted octanol–water partition coefficient (Wildman–Crippen LogP) is 2.54.